The molecule has 2 heterocycles. The minimum atomic E-state index is -1.51. The van der Waals surface area contributed by atoms with Crippen LogP contribution in [-0.4, -0.2) is 119 Å². The second-order valence-electron chi connectivity index (χ2n) is 20.5. The third kappa shape index (κ3) is 11.9. The Morgan fingerprint density at radius 3 is 2.15 bits per heavy atom. The molecule has 0 radical (unpaired) electrons. The molecule has 1 aromatic rings. The fraction of sp³-hybridized carbons (Fsp3) is 0.723. The van der Waals surface area contributed by atoms with E-state index < -0.39 is 104 Å². The first kappa shape index (κ1) is 51.4. The predicted octanol–water partition coefficient (Wildman–Crippen LogP) is 3.19. The number of nitrogens with one attached hydrogen (secondary N) is 4. The molecular weight excluding hydrogens is 835 g/mol. The summed E-state index contributed by atoms with van der Waals surface area (Å²) >= 11 is 0. The number of aliphatic carboxylic acids is 2. The summed E-state index contributed by atoms with van der Waals surface area (Å²) in [7, 11) is -0.642. The molecule has 0 spiro atoms. The quantitative estimate of drug-likeness (QED) is 0.0655. The Morgan fingerprint density at radius 2 is 1.54 bits per heavy atom. The summed E-state index contributed by atoms with van der Waals surface area (Å²) in [4.78, 5) is 93.1. The van der Waals surface area contributed by atoms with Crippen molar-refractivity contribution in [1.82, 2.24) is 26.2 Å². The summed E-state index contributed by atoms with van der Waals surface area (Å²) in [5.41, 5.74) is 9.53. The van der Waals surface area contributed by atoms with E-state index in [0.717, 1.165) is 32.1 Å². The van der Waals surface area contributed by atoms with Crippen molar-refractivity contribution < 1.29 is 53.1 Å². The molecule has 2 saturated heterocycles. The number of unbranched alkanes of at least 4 members (excludes halogenated alkanes) is 1. The van der Waals surface area contributed by atoms with Gasteiger partial charge in [-0.05, 0) is 99.5 Å². The van der Waals surface area contributed by atoms with Crippen LogP contribution in [-0.2, 0) is 49.3 Å². The van der Waals surface area contributed by atoms with Crippen molar-refractivity contribution in [3.05, 3.63) is 34.9 Å². The fourth-order valence-electron chi connectivity index (χ4n) is 10.4. The highest BCUT2D eigenvalue weighted by atomic mass is 16.7. The van der Waals surface area contributed by atoms with Gasteiger partial charge in [0.25, 0.3) is 0 Å². The second kappa shape index (κ2) is 21.4. The lowest BCUT2D eigenvalue weighted by Gasteiger charge is -2.67. The largest absolute Gasteiger partial charge is 0.481 e. The van der Waals surface area contributed by atoms with Gasteiger partial charge in [0, 0.05) is 18.4 Å². The van der Waals surface area contributed by atoms with Crippen molar-refractivity contribution in [2.75, 3.05) is 6.54 Å². The van der Waals surface area contributed by atoms with Crippen molar-refractivity contribution in [3.63, 3.8) is 0 Å². The molecule has 2 aliphatic heterocycles. The molecule has 5 fully saturated rings. The molecule has 6 rings (SSSR count). The van der Waals surface area contributed by atoms with Crippen molar-refractivity contribution in [3.8, 4) is 0 Å². The van der Waals surface area contributed by atoms with Gasteiger partial charge in [-0.1, -0.05) is 78.6 Å². The number of aryl methyl sites for hydroxylation is 3. The van der Waals surface area contributed by atoms with Crippen LogP contribution in [0.4, 0.5) is 0 Å². The van der Waals surface area contributed by atoms with Gasteiger partial charge in [-0.25, -0.2) is 0 Å². The van der Waals surface area contributed by atoms with Crippen LogP contribution < -0.4 is 27.0 Å². The zero-order valence-electron chi connectivity index (χ0n) is 39.7. The van der Waals surface area contributed by atoms with Crippen molar-refractivity contribution >= 4 is 48.6 Å². The Kier molecular flexibility index (Phi) is 16.9. The van der Waals surface area contributed by atoms with Gasteiger partial charge < -0.3 is 51.4 Å². The number of carboxylic acid groups (broad SMARTS) is 2. The van der Waals surface area contributed by atoms with Gasteiger partial charge in [-0.3, -0.25) is 33.6 Å². The van der Waals surface area contributed by atoms with E-state index in [2.05, 4.69) is 74.1 Å². The minimum Gasteiger partial charge on any atom is -0.481 e. The number of hydrogen-bond donors (Lipinski definition) is 7. The molecule has 65 heavy (non-hydrogen) atoms. The minimum absolute atomic E-state index is 0.0371. The predicted molar refractivity (Wildman–Crippen MR) is 243 cm³/mol. The average Bonchev–Trinajstić information content (AvgIpc) is 3.90. The Labute approximate surface area is 384 Å². The maximum atomic E-state index is 14.5. The highest BCUT2D eigenvalue weighted by Gasteiger charge is 2.69. The first-order valence-corrected chi connectivity index (χ1v) is 23.5. The number of carbonyl (C=O) groups excluding carboxylic acids is 5. The maximum Gasteiger partial charge on any atom is 0.481 e. The van der Waals surface area contributed by atoms with E-state index in [4.69, 9.17) is 20.1 Å². The number of nitrogens with two attached hydrogens (primary N) is 1. The van der Waals surface area contributed by atoms with Crippen LogP contribution in [0.15, 0.2) is 18.2 Å². The molecule has 3 saturated carbocycles. The van der Waals surface area contributed by atoms with Crippen molar-refractivity contribution in [1.29, 1.82) is 0 Å². The van der Waals surface area contributed by atoms with Crippen LogP contribution in [0.2, 0.25) is 0 Å². The summed E-state index contributed by atoms with van der Waals surface area (Å²) in [5.74, 6) is -6.77. The number of rotatable bonds is 22. The third-order valence-electron chi connectivity index (χ3n) is 14.9. The van der Waals surface area contributed by atoms with E-state index in [9.17, 15) is 38.7 Å². The highest BCUT2D eigenvalue weighted by Crippen LogP contribution is 2.69. The average molecular weight is 909 g/mol. The zero-order chi connectivity index (χ0) is 48.1. The summed E-state index contributed by atoms with van der Waals surface area (Å²) in [6.45, 7) is 18.3. The molecule has 0 aromatic heterocycles. The topological polar surface area (TPSA) is 256 Å². The van der Waals surface area contributed by atoms with Crippen LogP contribution in [0.1, 0.15) is 129 Å². The van der Waals surface area contributed by atoms with Gasteiger partial charge in [-0.2, -0.15) is 0 Å². The van der Waals surface area contributed by atoms with Gasteiger partial charge in [0.05, 0.1) is 30.6 Å². The standard InChI is InChI=1S/C47H73BN6O11/c1-25(2)38(52-42(60)32(18-19-36(55)56)50-41(59)31(49)23-37(57)58)44(62)53-39(26(3)4)45(63)54-20-12-14-33(54)43(61)51-35(15-11-10-13-29-17-16-27(5)21-28(29)6)48-64-34-22-30-24-47(9,40(34)65-48)46(30,7)8/h16-17,21,25-26,30-35,38-40H,10-15,18-20,22-24,49H2,1-9H3,(H,50,59)(H,51,61)(H,52,60)(H,53,62)(H,55,56)(H,57,58)/t30-,31+,32+,33+,34-,35+,38+,39+,40-,47-/m1/s1. The van der Waals surface area contributed by atoms with Crippen molar-refractivity contribution in [2.24, 2.45) is 34.3 Å². The number of hydrogen-bond acceptors (Lipinski definition) is 10. The Balaban J connectivity index is 1.27. The lowest BCUT2D eigenvalue weighted by atomic mass is 9.39. The molecule has 8 N–H and O–H groups in total. The first-order valence-electron chi connectivity index (χ1n) is 23.5. The van der Waals surface area contributed by atoms with Crippen LogP contribution in [0.25, 0.3) is 0 Å². The van der Waals surface area contributed by atoms with E-state index >= 15 is 0 Å². The number of likely N-dealkylation sites (tertiary alicyclic amines) is 1. The molecule has 18 heteroatoms. The highest BCUT2D eigenvalue weighted by molar-refractivity contribution is 6.47. The van der Waals surface area contributed by atoms with Crippen LogP contribution in [0, 0.1) is 42.4 Å². The van der Waals surface area contributed by atoms with E-state index in [1.54, 1.807) is 27.7 Å². The SMILES string of the molecule is Cc1ccc(CCCC[C@H](NC(=O)[C@@H]2CCCN2C(=O)[C@@H](NC(=O)[C@@H](NC(=O)[C@H](CCC(=O)O)NC(=O)[C@@H](N)CC(=O)O)C(C)C)C(C)C)B2O[C@@H]3[C@@H](C[C@@H]4C[C@@]3(C)C4(C)C)O2)c(C)c1. The summed E-state index contributed by atoms with van der Waals surface area (Å²) in [6, 6.07) is 0.423. The number of benzene rings is 1. The van der Waals surface area contributed by atoms with Crippen molar-refractivity contribution in [2.45, 2.75) is 181 Å². The van der Waals surface area contributed by atoms with Gasteiger partial charge >= 0.3 is 19.1 Å². The van der Waals surface area contributed by atoms with Crippen LogP contribution >= 0.6 is 0 Å². The smallest absolute Gasteiger partial charge is 0.481 e. The van der Waals surface area contributed by atoms with Gasteiger partial charge in [0.2, 0.25) is 29.5 Å². The Morgan fingerprint density at radius 1 is 0.862 bits per heavy atom. The number of carbonyl (C=O) groups is 7. The molecule has 5 aliphatic rings. The monoisotopic (exact) mass is 909 g/mol. The Bertz CT molecular complexity index is 1950. The van der Waals surface area contributed by atoms with Gasteiger partial charge in [-0.15, -0.1) is 0 Å². The van der Waals surface area contributed by atoms with Gasteiger partial charge in [0.15, 0.2) is 0 Å². The zero-order valence-corrected chi connectivity index (χ0v) is 39.7. The van der Waals surface area contributed by atoms with E-state index in [-0.39, 0.29) is 35.4 Å². The Hall–Kier alpha value is -4.55. The molecule has 1 aromatic carbocycles. The second-order valence-corrected chi connectivity index (χ2v) is 20.5. The first-order chi connectivity index (χ1) is 30.4. The molecule has 360 valence electrons. The lowest BCUT2D eigenvalue weighted by molar-refractivity contribution is -0.220. The summed E-state index contributed by atoms with van der Waals surface area (Å²) in [5, 5.41) is 29.3. The molecule has 2 bridgehead atoms. The summed E-state index contributed by atoms with van der Waals surface area (Å²) < 4.78 is 13.5. The maximum absolute atomic E-state index is 14.5. The molecule has 10 atom stereocenters. The molecular formula is C47H73BN6O11. The number of nitrogens with zero attached hydrogens (tertiary/aromatic N) is 1. The molecule has 0 unspecified atom stereocenters. The van der Waals surface area contributed by atoms with E-state index in [1.165, 1.54) is 21.6 Å². The number of carboxylic acids is 2. The third-order valence-corrected chi connectivity index (χ3v) is 14.9. The number of amides is 5. The van der Waals surface area contributed by atoms with Gasteiger partial charge in [0.1, 0.15) is 24.2 Å². The fourth-order valence-corrected chi connectivity index (χ4v) is 10.4. The lowest BCUT2D eigenvalue weighted by Crippen LogP contribution is -2.66. The van der Waals surface area contributed by atoms with E-state index in [0.29, 0.717) is 31.7 Å². The molecule has 3 aliphatic carbocycles. The van der Waals surface area contributed by atoms with Crippen LogP contribution in [0.5, 0.6) is 0 Å². The van der Waals surface area contributed by atoms with E-state index in [1.807, 2.05) is 0 Å². The summed E-state index contributed by atoms with van der Waals surface area (Å²) in [6.07, 6.45) is 4.48. The normalized spacial score (nSPS) is 25.4. The van der Waals surface area contributed by atoms with Crippen LogP contribution in [0.3, 0.4) is 0 Å². The molecule has 5 amide bonds. The molecule has 17 nitrogen and oxygen atoms in total.